The van der Waals surface area contributed by atoms with Gasteiger partial charge in [0.25, 0.3) is 0 Å². The fourth-order valence-electron chi connectivity index (χ4n) is 3.53. The fourth-order valence-corrected chi connectivity index (χ4v) is 4.46. The van der Waals surface area contributed by atoms with Crippen LogP contribution in [0, 0.1) is 0 Å². The average molecular weight is 448 g/mol. The number of aromatic nitrogens is 3. The van der Waals surface area contributed by atoms with Gasteiger partial charge in [-0.2, -0.15) is 4.98 Å². The third kappa shape index (κ3) is 5.60. The summed E-state index contributed by atoms with van der Waals surface area (Å²) in [5, 5.41) is 13.3. The number of anilines is 3. The fraction of sp³-hybridized carbons (Fsp3) is 0.320. The van der Waals surface area contributed by atoms with Crippen LogP contribution in [0.25, 0.3) is 10.2 Å². The monoisotopic (exact) mass is 447 g/mol. The summed E-state index contributed by atoms with van der Waals surface area (Å²) >= 11 is 1.64. The van der Waals surface area contributed by atoms with E-state index in [1.807, 2.05) is 36.2 Å². The number of benzene rings is 2. The van der Waals surface area contributed by atoms with E-state index in [-0.39, 0.29) is 6.61 Å². The van der Waals surface area contributed by atoms with Gasteiger partial charge < -0.3 is 15.3 Å². The van der Waals surface area contributed by atoms with Gasteiger partial charge >= 0.3 is 0 Å². The van der Waals surface area contributed by atoms with Crippen LogP contribution in [0.1, 0.15) is 36.6 Å². The Morgan fingerprint density at radius 1 is 0.969 bits per heavy atom. The molecule has 0 unspecified atom stereocenters. The van der Waals surface area contributed by atoms with Gasteiger partial charge in [-0.1, -0.05) is 54.7 Å². The van der Waals surface area contributed by atoms with Gasteiger partial charge in [0.2, 0.25) is 5.95 Å². The molecule has 2 N–H and O–H groups in total. The van der Waals surface area contributed by atoms with Crippen LogP contribution in [0.4, 0.5) is 16.9 Å². The lowest BCUT2D eigenvalue weighted by Gasteiger charge is -2.18. The van der Waals surface area contributed by atoms with Crippen molar-refractivity contribution in [1.29, 1.82) is 0 Å². The number of aliphatic hydroxyl groups excluding tert-OH is 1. The molecule has 4 rings (SSSR count). The van der Waals surface area contributed by atoms with Crippen molar-refractivity contribution in [3.8, 4) is 0 Å². The molecule has 0 spiro atoms. The van der Waals surface area contributed by atoms with E-state index in [0.29, 0.717) is 5.95 Å². The number of nitrogens with zero attached hydrogens (tertiary/aromatic N) is 4. The highest BCUT2D eigenvalue weighted by atomic mass is 32.1. The third-order valence-corrected chi connectivity index (χ3v) is 6.27. The molecule has 2 heterocycles. The van der Waals surface area contributed by atoms with Gasteiger partial charge in [-0.15, -0.1) is 0 Å². The standard InChI is InChI=1S/C25H29N5OS/c1-3-18-11-12-21-22(16-18)32-25(27-21)29-23-17-20(15-19-9-5-4-6-10-19)26-24(28-23)30(2)13-7-8-14-31/h4-6,9-12,16-17,31H,3,7-8,13-15H2,1-2H3,(H,26,27,28,29). The predicted octanol–water partition coefficient (Wildman–Crippen LogP) is 5.19. The molecule has 0 aliphatic carbocycles. The first-order valence-corrected chi connectivity index (χ1v) is 11.9. The number of hydrogen-bond acceptors (Lipinski definition) is 7. The molecule has 6 nitrogen and oxygen atoms in total. The Morgan fingerprint density at radius 2 is 1.81 bits per heavy atom. The zero-order valence-electron chi connectivity index (χ0n) is 18.6. The predicted molar refractivity (Wildman–Crippen MR) is 133 cm³/mol. The number of hydrogen-bond donors (Lipinski definition) is 2. The summed E-state index contributed by atoms with van der Waals surface area (Å²) in [6.45, 7) is 3.15. The second kappa shape index (κ2) is 10.5. The van der Waals surface area contributed by atoms with Crippen LogP contribution in [0.5, 0.6) is 0 Å². The van der Waals surface area contributed by atoms with E-state index in [0.717, 1.165) is 54.4 Å². The zero-order chi connectivity index (χ0) is 22.3. The first kappa shape index (κ1) is 22.2. The Balaban J connectivity index is 1.61. The summed E-state index contributed by atoms with van der Waals surface area (Å²) < 4.78 is 1.17. The number of aliphatic hydroxyl groups is 1. The highest BCUT2D eigenvalue weighted by Gasteiger charge is 2.12. The van der Waals surface area contributed by atoms with Crippen molar-refractivity contribution < 1.29 is 5.11 Å². The summed E-state index contributed by atoms with van der Waals surface area (Å²) in [4.78, 5) is 16.4. The topological polar surface area (TPSA) is 74.2 Å². The molecular weight excluding hydrogens is 418 g/mol. The van der Waals surface area contributed by atoms with E-state index < -0.39 is 0 Å². The molecule has 0 saturated carbocycles. The van der Waals surface area contributed by atoms with E-state index in [1.165, 1.54) is 15.8 Å². The normalized spacial score (nSPS) is 11.1. The molecule has 32 heavy (non-hydrogen) atoms. The van der Waals surface area contributed by atoms with Crippen molar-refractivity contribution in [2.24, 2.45) is 0 Å². The molecule has 7 heteroatoms. The van der Waals surface area contributed by atoms with Gasteiger partial charge in [-0.05, 0) is 42.5 Å². The molecule has 0 bridgehead atoms. The molecule has 2 aromatic carbocycles. The van der Waals surface area contributed by atoms with E-state index in [4.69, 9.17) is 20.1 Å². The largest absolute Gasteiger partial charge is 0.396 e. The minimum Gasteiger partial charge on any atom is -0.396 e. The molecule has 0 fully saturated rings. The number of rotatable bonds is 10. The van der Waals surface area contributed by atoms with Crippen LogP contribution < -0.4 is 10.2 Å². The summed E-state index contributed by atoms with van der Waals surface area (Å²) in [6, 6.07) is 18.8. The van der Waals surface area contributed by atoms with Crippen molar-refractivity contribution >= 4 is 38.5 Å². The quantitative estimate of drug-likeness (QED) is 0.326. The third-order valence-electron chi connectivity index (χ3n) is 5.33. The minimum absolute atomic E-state index is 0.201. The van der Waals surface area contributed by atoms with Crippen molar-refractivity contribution in [2.75, 3.05) is 30.4 Å². The van der Waals surface area contributed by atoms with Crippen LogP contribution in [-0.4, -0.2) is 40.3 Å². The average Bonchev–Trinajstić information content (AvgIpc) is 3.21. The van der Waals surface area contributed by atoms with E-state index >= 15 is 0 Å². The van der Waals surface area contributed by atoms with E-state index in [9.17, 15) is 0 Å². The molecule has 0 amide bonds. The maximum Gasteiger partial charge on any atom is 0.227 e. The lowest BCUT2D eigenvalue weighted by molar-refractivity contribution is 0.285. The van der Waals surface area contributed by atoms with E-state index in [2.05, 4.69) is 42.6 Å². The van der Waals surface area contributed by atoms with Crippen LogP contribution >= 0.6 is 11.3 Å². The molecule has 0 atom stereocenters. The summed E-state index contributed by atoms with van der Waals surface area (Å²) in [7, 11) is 1.99. The maximum absolute atomic E-state index is 9.09. The Kier molecular flexibility index (Phi) is 7.29. The molecule has 2 aromatic heterocycles. The highest BCUT2D eigenvalue weighted by Crippen LogP contribution is 2.29. The van der Waals surface area contributed by atoms with Crippen molar-refractivity contribution in [1.82, 2.24) is 15.0 Å². The zero-order valence-corrected chi connectivity index (χ0v) is 19.4. The minimum atomic E-state index is 0.201. The number of aryl methyl sites for hydroxylation is 1. The van der Waals surface area contributed by atoms with Crippen molar-refractivity contribution in [3.63, 3.8) is 0 Å². The van der Waals surface area contributed by atoms with Crippen LogP contribution in [0.15, 0.2) is 54.6 Å². The second-order valence-corrected chi connectivity index (χ2v) is 8.89. The number of nitrogens with one attached hydrogen (secondary N) is 1. The Bertz CT molecular complexity index is 1160. The summed E-state index contributed by atoms with van der Waals surface area (Å²) in [6.07, 6.45) is 3.40. The SMILES string of the molecule is CCc1ccc2nc(Nc3cc(Cc4ccccc4)nc(N(C)CCCCO)n3)sc2c1. The van der Waals surface area contributed by atoms with Crippen LogP contribution in [0.3, 0.4) is 0 Å². The lowest BCUT2D eigenvalue weighted by Crippen LogP contribution is -2.22. The molecule has 0 aliphatic rings. The van der Waals surface area contributed by atoms with Gasteiger partial charge in [-0.25, -0.2) is 9.97 Å². The molecule has 0 aliphatic heterocycles. The molecular formula is C25H29N5OS. The van der Waals surface area contributed by atoms with Gasteiger partial charge in [-0.3, -0.25) is 0 Å². The van der Waals surface area contributed by atoms with Crippen molar-refractivity contribution in [2.45, 2.75) is 32.6 Å². The number of fused-ring (bicyclic) bond motifs is 1. The summed E-state index contributed by atoms with van der Waals surface area (Å²) in [5.74, 6) is 1.41. The summed E-state index contributed by atoms with van der Waals surface area (Å²) in [5.41, 5.74) is 4.46. The van der Waals surface area contributed by atoms with Gasteiger partial charge in [0.15, 0.2) is 5.13 Å². The highest BCUT2D eigenvalue weighted by molar-refractivity contribution is 7.22. The second-order valence-electron chi connectivity index (χ2n) is 7.86. The Hall–Kier alpha value is -3.03. The lowest BCUT2D eigenvalue weighted by atomic mass is 10.1. The smallest absolute Gasteiger partial charge is 0.227 e. The van der Waals surface area contributed by atoms with Crippen molar-refractivity contribution in [3.05, 3.63) is 71.4 Å². The number of thiazole rings is 1. The molecule has 0 saturated heterocycles. The molecule has 4 aromatic rings. The van der Waals surface area contributed by atoms with Gasteiger partial charge in [0.05, 0.1) is 15.9 Å². The molecule has 0 radical (unpaired) electrons. The Labute approximate surface area is 193 Å². The number of unbranched alkanes of at least 4 members (excludes halogenated alkanes) is 1. The molecule has 166 valence electrons. The van der Waals surface area contributed by atoms with Crippen LogP contribution in [-0.2, 0) is 12.8 Å². The van der Waals surface area contributed by atoms with E-state index in [1.54, 1.807) is 11.3 Å². The maximum atomic E-state index is 9.09. The Morgan fingerprint density at radius 3 is 2.59 bits per heavy atom. The first-order valence-electron chi connectivity index (χ1n) is 11.0. The van der Waals surface area contributed by atoms with Gasteiger partial charge in [0.1, 0.15) is 5.82 Å². The first-order chi connectivity index (χ1) is 15.6. The van der Waals surface area contributed by atoms with Gasteiger partial charge in [0, 0.05) is 32.7 Å². The van der Waals surface area contributed by atoms with Crippen LogP contribution in [0.2, 0.25) is 0 Å².